The van der Waals surface area contributed by atoms with E-state index in [0.717, 1.165) is 16.7 Å². The third kappa shape index (κ3) is 4.73. The summed E-state index contributed by atoms with van der Waals surface area (Å²) < 4.78 is 12.7. The molecule has 1 N–H and O–H groups in total. The summed E-state index contributed by atoms with van der Waals surface area (Å²) in [5.74, 6) is 0. The molecule has 4 heteroatoms. The van der Waals surface area contributed by atoms with Crippen LogP contribution < -0.4 is 0 Å². The van der Waals surface area contributed by atoms with Crippen molar-refractivity contribution >= 4 is 10.5 Å². The van der Waals surface area contributed by atoms with Gasteiger partial charge < -0.3 is 14.3 Å². The second-order valence-electron chi connectivity index (χ2n) is 8.71. The fourth-order valence-corrected chi connectivity index (χ4v) is 5.04. The molecule has 3 nitrogen and oxygen atoms in total. The van der Waals surface area contributed by atoms with Gasteiger partial charge in [-0.3, -0.25) is 0 Å². The van der Waals surface area contributed by atoms with E-state index < -0.39 is 11.7 Å². The van der Waals surface area contributed by atoms with Gasteiger partial charge in [0, 0.05) is 0 Å². The van der Waals surface area contributed by atoms with Crippen molar-refractivity contribution in [3.8, 4) is 0 Å². The summed E-state index contributed by atoms with van der Waals surface area (Å²) >= 11 is 0. The van der Waals surface area contributed by atoms with Gasteiger partial charge in [-0.25, -0.2) is 0 Å². The van der Waals surface area contributed by atoms with Crippen LogP contribution in [0.25, 0.3) is 0 Å². The fourth-order valence-electron chi connectivity index (χ4n) is 4.07. The largest absolute Gasteiger partial charge is 0.422 e. The molecule has 0 saturated heterocycles. The minimum atomic E-state index is -1.07. The molecule has 0 saturated carbocycles. The third-order valence-corrected chi connectivity index (χ3v) is 6.03. The molecular weight excluding hydrogens is 388 g/mol. The van der Waals surface area contributed by atoms with Gasteiger partial charge in [0.1, 0.15) is 22.2 Å². The Labute approximate surface area is 183 Å². The summed E-state index contributed by atoms with van der Waals surface area (Å²) in [4.78, 5) is 0. The second kappa shape index (κ2) is 9.71. The zero-order valence-electron chi connectivity index (χ0n) is 18.3. The van der Waals surface area contributed by atoms with Gasteiger partial charge in [0.15, 0.2) is 0 Å². The molecule has 0 aromatic heterocycles. The zero-order chi connectivity index (χ0) is 21.6. The molecule has 30 heavy (non-hydrogen) atoms. The highest BCUT2D eigenvalue weighted by atomic mass is 28.2. The topological polar surface area (TPSA) is 38.7 Å². The SMILES string of the molecule is CC(C)(C)C(O[SiH3])[C@@H](O)C(OCc1ccccc1)(c1ccccc1)c1ccccc1. The van der Waals surface area contributed by atoms with Crippen molar-refractivity contribution in [3.63, 3.8) is 0 Å². The molecule has 0 bridgehead atoms. The Morgan fingerprint density at radius 3 is 1.60 bits per heavy atom. The maximum absolute atomic E-state index is 11.9. The maximum atomic E-state index is 11.9. The minimum Gasteiger partial charge on any atom is -0.422 e. The predicted octanol–water partition coefficient (Wildman–Crippen LogP) is 4.22. The maximum Gasteiger partial charge on any atom is 0.147 e. The lowest BCUT2D eigenvalue weighted by atomic mass is 9.73. The summed E-state index contributed by atoms with van der Waals surface area (Å²) in [5.41, 5.74) is 1.55. The van der Waals surface area contributed by atoms with Gasteiger partial charge in [0.05, 0.1) is 12.7 Å². The zero-order valence-corrected chi connectivity index (χ0v) is 20.3. The van der Waals surface area contributed by atoms with Crippen molar-refractivity contribution < 1.29 is 14.3 Å². The van der Waals surface area contributed by atoms with E-state index in [4.69, 9.17) is 9.16 Å². The Balaban J connectivity index is 2.18. The van der Waals surface area contributed by atoms with Gasteiger partial charge in [-0.2, -0.15) is 0 Å². The second-order valence-corrected chi connectivity index (χ2v) is 9.18. The molecule has 0 aliphatic rings. The molecule has 0 aliphatic carbocycles. The average Bonchev–Trinajstić information content (AvgIpc) is 2.76. The number of aliphatic hydroxyl groups is 1. The van der Waals surface area contributed by atoms with Gasteiger partial charge in [0.25, 0.3) is 0 Å². The van der Waals surface area contributed by atoms with Crippen molar-refractivity contribution in [2.75, 3.05) is 0 Å². The van der Waals surface area contributed by atoms with Crippen LogP contribution in [-0.2, 0) is 21.4 Å². The number of hydrogen-bond donors (Lipinski definition) is 1. The molecule has 3 aromatic rings. The molecule has 0 radical (unpaired) electrons. The van der Waals surface area contributed by atoms with Gasteiger partial charge in [-0.15, -0.1) is 0 Å². The molecule has 0 amide bonds. The third-order valence-electron chi connectivity index (χ3n) is 5.53. The van der Waals surface area contributed by atoms with Crippen molar-refractivity contribution in [1.29, 1.82) is 0 Å². The van der Waals surface area contributed by atoms with E-state index in [0.29, 0.717) is 17.1 Å². The van der Waals surface area contributed by atoms with E-state index in [1.54, 1.807) is 0 Å². The molecule has 0 fully saturated rings. The van der Waals surface area contributed by atoms with Crippen LogP contribution in [0.2, 0.25) is 0 Å². The van der Waals surface area contributed by atoms with Crippen LogP contribution in [0.5, 0.6) is 0 Å². The Hall–Kier alpha value is -2.24. The van der Waals surface area contributed by atoms with Crippen molar-refractivity contribution in [3.05, 3.63) is 108 Å². The van der Waals surface area contributed by atoms with Crippen LogP contribution in [0.3, 0.4) is 0 Å². The number of hydrogen-bond acceptors (Lipinski definition) is 3. The monoisotopic (exact) mass is 420 g/mol. The molecule has 0 spiro atoms. The lowest BCUT2D eigenvalue weighted by Gasteiger charge is -2.45. The number of aliphatic hydroxyl groups excluding tert-OH is 1. The molecule has 0 heterocycles. The molecule has 1 unspecified atom stereocenters. The van der Waals surface area contributed by atoms with Crippen molar-refractivity contribution in [1.82, 2.24) is 0 Å². The lowest BCUT2D eigenvalue weighted by Crippen LogP contribution is -2.54. The molecule has 3 aromatic carbocycles. The summed E-state index contributed by atoms with van der Waals surface area (Å²) in [6.07, 6.45) is -1.29. The predicted molar refractivity (Wildman–Crippen MR) is 125 cm³/mol. The highest BCUT2D eigenvalue weighted by Gasteiger charge is 2.49. The van der Waals surface area contributed by atoms with Crippen LogP contribution in [0.4, 0.5) is 0 Å². The quantitative estimate of drug-likeness (QED) is 0.555. The van der Waals surface area contributed by atoms with Gasteiger partial charge in [0.2, 0.25) is 0 Å². The van der Waals surface area contributed by atoms with E-state index in [2.05, 4.69) is 20.8 Å². The summed E-state index contributed by atoms with van der Waals surface area (Å²) in [7, 11) is 0.524. The molecule has 0 aliphatic heterocycles. The van der Waals surface area contributed by atoms with E-state index >= 15 is 0 Å². The van der Waals surface area contributed by atoms with E-state index in [1.165, 1.54) is 0 Å². The van der Waals surface area contributed by atoms with E-state index in [9.17, 15) is 5.11 Å². The van der Waals surface area contributed by atoms with Gasteiger partial charge in [-0.05, 0) is 22.1 Å². The van der Waals surface area contributed by atoms with Gasteiger partial charge >= 0.3 is 0 Å². The Bertz CT molecular complexity index is 852. The first kappa shape index (κ1) is 22.4. The van der Waals surface area contributed by atoms with Crippen LogP contribution >= 0.6 is 0 Å². The highest BCUT2D eigenvalue weighted by Crippen LogP contribution is 2.42. The Morgan fingerprint density at radius 2 is 1.20 bits per heavy atom. The Kier molecular flexibility index (Phi) is 7.26. The standard InChI is InChI=1S/C26H32O3Si/c1-25(2,3)24(29-30)23(27)26(21-15-9-5-10-16-21,22-17-11-6-12-18-22)28-19-20-13-7-4-8-14-20/h4-18,23-24,27H,19H2,1-3,30H3/t23-,24?/m1/s1. The first-order valence-electron chi connectivity index (χ1n) is 10.4. The number of benzene rings is 3. The molecule has 3 rings (SSSR count). The highest BCUT2D eigenvalue weighted by molar-refractivity contribution is 5.98. The molecular formula is C26H32O3Si. The summed E-state index contributed by atoms with van der Waals surface area (Å²) in [6.45, 7) is 6.66. The smallest absolute Gasteiger partial charge is 0.147 e. The summed E-state index contributed by atoms with van der Waals surface area (Å²) in [5, 5.41) is 11.9. The van der Waals surface area contributed by atoms with E-state index in [1.807, 2.05) is 91.0 Å². The number of ether oxygens (including phenoxy) is 1. The number of rotatable bonds is 8. The fraction of sp³-hybridized carbons (Fsp3) is 0.308. The van der Waals surface area contributed by atoms with Crippen LogP contribution in [0, 0.1) is 5.41 Å². The molecule has 158 valence electrons. The van der Waals surface area contributed by atoms with Crippen molar-refractivity contribution in [2.24, 2.45) is 5.41 Å². The average molecular weight is 421 g/mol. The first-order valence-corrected chi connectivity index (χ1v) is 11.2. The minimum absolute atomic E-state index is 0.258. The van der Waals surface area contributed by atoms with Crippen LogP contribution in [0.15, 0.2) is 91.0 Å². The molecule has 2 atom stereocenters. The van der Waals surface area contributed by atoms with Crippen molar-refractivity contribution in [2.45, 2.75) is 45.2 Å². The normalized spacial score (nSPS) is 14.4. The van der Waals surface area contributed by atoms with Crippen LogP contribution in [-0.4, -0.2) is 27.8 Å². The first-order chi connectivity index (χ1) is 14.4. The van der Waals surface area contributed by atoms with E-state index in [-0.39, 0.29) is 11.5 Å². The van der Waals surface area contributed by atoms with Gasteiger partial charge in [-0.1, -0.05) is 112 Å². The summed E-state index contributed by atoms with van der Waals surface area (Å²) in [6, 6.07) is 30.1. The Morgan fingerprint density at radius 1 is 0.767 bits per heavy atom. The lowest BCUT2D eigenvalue weighted by molar-refractivity contribution is -0.161. The van der Waals surface area contributed by atoms with Crippen LogP contribution in [0.1, 0.15) is 37.5 Å².